The number of hydrogen-bond donors (Lipinski definition) is 2. The van der Waals surface area contributed by atoms with Crippen LogP contribution in [0.1, 0.15) is 5.56 Å². The maximum absolute atomic E-state index is 13.5. The third kappa shape index (κ3) is 2.93. The summed E-state index contributed by atoms with van der Waals surface area (Å²) in [5, 5.41) is 11.6. The summed E-state index contributed by atoms with van der Waals surface area (Å²) in [4.78, 5) is 3.80. The molecule has 0 aliphatic carbocycles. The van der Waals surface area contributed by atoms with Crippen LogP contribution in [0.4, 0.5) is 15.9 Å². The Morgan fingerprint density at radius 1 is 1.29 bits per heavy atom. The van der Waals surface area contributed by atoms with Crippen molar-refractivity contribution in [3.05, 3.63) is 47.9 Å². The predicted molar refractivity (Wildman–Crippen MR) is 75.7 cm³/mol. The van der Waals surface area contributed by atoms with Crippen LogP contribution < -0.4 is 10.0 Å². The molecule has 0 saturated carbocycles. The molecule has 1 aromatic heterocycles. The normalized spacial score (nSPS) is 10.7. The summed E-state index contributed by atoms with van der Waals surface area (Å²) in [5.74, 6) is -0.641. The maximum atomic E-state index is 13.5. The third-order valence-corrected chi connectivity index (χ3v) is 4.06. The molecule has 0 aliphatic heterocycles. The summed E-state index contributed by atoms with van der Waals surface area (Å²) in [6.07, 6.45) is 1.44. The zero-order chi connectivity index (χ0) is 15.5. The predicted octanol–water partition coefficient (Wildman–Crippen LogP) is 1.93. The molecule has 21 heavy (non-hydrogen) atoms. The molecule has 0 saturated heterocycles. The Labute approximate surface area is 121 Å². The largest absolute Gasteiger partial charge is 0.372 e. The van der Waals surface area contributed by atoms with Crippen molar-refractivity contribution in [1.82, 2.24) is 4.98 Å². The molecule has 0 radical (unpaired) electrons. The maximum Gasteiger partial charge on any atom is 0.265 e. The van der Waals surface area contributed by atoms with Gasteiger partial charge in [-0.05, 0) is 24.3 Å². The van der Waals surface area contributed by atoms with Gasteiger partial charge < -0.3 is 5.32 Å². The summed E-state index contributed by atoms with van der Waals surface area (Å²) in [6.45, 7) is 0. The van der Waals surface area contributed by atoms with Crippen molar-refractivity contribution in [2.45, 2.75) is 4.90 Å². The zero-order valence-corrected chi connectivity index (χ0v) is 11.8. The highest BCUT2D eigenvalue weighted by atomic mass is 32.2. The second-order valence-electron chi connectivity index (χ2n) is 3.98. The SMILES string of the molecule is CNc1ncccc1S(=O)(=O)Nc1cccc(F)c1C#N. The fourth-order valence-electron chi connectivity index (χ4n) is 1.72. The summed E-state index contributed by atoms with van der Waals surface area (Å²) >= 11 is 0. The van der Waals surface area contributed by atoms with Crippen LogP contribution in [0.15, 0.2) is 41.4 Å². The number of nitriles is 1. The van der Waals surface area contributed by atoms with Crippen LogP contribution >= 0.6 is 0 Å². The van der Waals surface area contributed by atoms with Gasteiger partial charge in [-0.25, -0.2) is 17.8 Å². The summed E-state index contributed by atoms with van der Waals surface area (Å²) in [6, 6.07) is 8.16. The smallest absolute Gasteiger partial charge is 0.265 e. The van der Waals surface area contributed by atoms with E-state index in [9.17, 15) is 12.8 Å². The Hall–Kier alpha value is -2.66. The lowest BCUT2D eigenvalue weighted by molar-refractivity contribution is 0.601. The average molecular weight is 306 g/mol. The molecule has 2 rings (SSSR count). The highest BCUT2D eigenvalue weighted by Crippen LogP contribution is 2.24. The van der Waals surface area contributed by atoms with E-state index in [4.69, 9.17) is 5.26 Å². The minimum Gasteiger partial charge on any atom is -0.372 e. The number of aromatic nitrogens is 1. The highest BCUT2D eigenvalue weighted by molar-refractivity contribution is 7.92. The number of halogens is 1. The molecule has 2 N–H and O–H groups in total. The number of anilines is 2. The second-order valence-corrected chi connectivity index (χ2v) is 5.63. The number of nitrogens with one attached hydrogen (secondary N) is 2. The number of nitrogens with zero attached hydrogens (tertiary/aromatic N) is 2. The zero-order valence-electron chi connectivity index (χ0n) is 11.0. The van der Waals surface area contributed by atoms with Gasteiger partial charge in [0, 0.05) is 13.2 Å². The van der Waals surface area contributed by atoms with Crippen LogP contribution in [0, 0.1) is 17.1 Å². The molecule has 6 nitrogen and oxygen atoms in total. The van der Waals surface area contributed by atoms with Gasteiger partial charge in [-0.1, -0.05) is 6.07 Å². The fraction of sp³-hybridized carbons (Fsp3) is 0.0769. The highest BCUT2D eigenvalue weighted by Gasteiger charge is 2.21. The van der Waals surface area contributed by atoms with Gasteiger partial charge in [-0.3, -0.25) is 4.72 Å². The molecule has 1 aromatic carbocycles. The van der Waals surface area contributed by atoms with Crippen molar-refractivity contribution in [3.8, 4) is 6.07 Å². The van der Waals surface area contributed by atoms with Crippen molar-refractivity contribution in [2.24, 2.45) is 0 Å². The molecule has 0 atom stereocenters. The van der Waals surface area contributed by atoms with Crippen LogP contribution in [0.3, 0.4) is 0 Å². The molecule has 0 bridgehead atoms. The molecule has 0 unspecified atom stereocenters. The topological polar surface area (TPSA) is 94.9 Å². The summed E-state index contributed by atoms with van der Waals surface area (Å²) in [7, 11) is -2.47. The van der Waals surface area contributed by atoms with Gasteiger partial charge in [0.2, 0.25) is 0 Å². The van der Waals surface area contributed by atoms with Crippen LogP contribution in [0.2, 0.25) is 0 Å². The fourth-order valence-corrected chi connectivity index (χ4v) is 2.95. The van der Waals surface area contributed by atoms with Gasteiger partial charge in [-0.15, -0.1) is 0 Å². The van der Waals surface area contributed by atoms with Gasteiger partial charge in [0.1, 0.15) is 28.2 Å². The van der Waals surface area contributed by atoms with E-state index in [1.165, 1.54) is 37.5 Å². The Morgan fingerprint density at radius 3 is 2.71 bits per heavy atom. The van der Waals surface area contributed by atoms with E-state index < -0.39 is 15.8 Å². The van der Waals surface area contributed by atoms with E-state index in [2.05, 4.69) is 15.0 Å². The molecule has 0 spiro atoms. The van der Waals surface area contributed by atoms with E-state index in [0.717, 1.165) is 6.07 Å². The first-order valence-corrected chi connectivity index (χ1v) is 7.32. The second kappa shape index (κ2) is 5.76. The quantitative estimate of drug-likeness (QED) is 0.900. The molecular formula is C13H11FN4O2S. The van der Waals surface area contributed by atoms with Gasteiger partial charge in [0.25, 0.3) is 10.0 Å². The molecule has 0 amide bonds. The molecule has 108 valence electrons. The van der Waals surface area contributed by atoms with Crippen molar-refractivity contribution >= 4 is 21.5 Å². The van der Waals surface area contributed by atoms with E-state index in [1.54, 1.807) is 6.07 Å². The lowest BCUT2D eigenvalue weighted by Crippen LogP contribution is -2.16. The van der Waals surface area contributed by atoms with Crippen LogP contribution in [0.5, 0.6) is 0 Å². The molecule has 1 heterocycles. The Balaban J connectivity index is 2.48. The van der Waals surface area contributed by atoms with Gasteiger partial charge >= 0.3 is 0 Å². The standard InChI is InChI=1S/C13H11FN4O2S/c1-16-13-12(6-3-7-17-13)21(19,20)18-11-5-2-4-10(14)9(11)8-15/h2-7,18H,1H3,(H,16,17). The number of benzene rings is 1. The van der Waals surface area contributed by atoms with Crippen molar-refractivity contribution in [2.75, 3.05) is 17.1 Å². The van der Waals surface area contributed by atoms with E-state index in [1.807, 2.05) is 0 Å². The molecular weight excluding hydrogens is 295 g/mol. The summed E-state index contributed by atoms with van der Waals surface area (Å²) in [5.41, 5.74) is -0.487. The molecule has 2 aromatic rings. The van der Waals surface area contributed by atoms with Crippen molar-refractivity contribution < 1.29 is 12.8 Å². The average Bonchev–Trinajstić information content (AvgIpc) is 2.47. The van der Waals surface area contributed by atoms with Gasteiger partial charge in [-0.2, -0.15) is 5.26 Å². The van der Waals surface area contributed by atoms with Crippen LogP contribution in [0.25, 0.3) is 0 Å². The Morgan fingerprint density at radius 2 is 2.05 bits per heavy atom. The Kier molecular flexibility index (Phi) is 4.05. The van der Waals surface area contributed by atoms with Crippen molar-refractivity contribution in [1.29, 1.82) is 5.26 Å². The van der Waals surface area contributed by atoms with E-state index >= 15 is 0 Å². The minimum absolute atomic E-state index is 0.0966. The van der Waals surface area contributed by atoms with Gasteiger partial charge in [0.05, 0.1) is 5.69 Å². The van der Waals surface area contributed by atoms with Crippen LogP contribution in [-0.4, -0.2) is 20.4 Å². The molecule has 8 heteroatoms. The minimum atomic E-state index is -4.00. The molecule has 0 fully saturated rings. The summed E-state index contributed by atoms with van der Waals surface area (Å²) < 4.78 is 40.4. The first kappa shape index (κ1) is 14.7. The third-order valence-electron chi connectivity index (χ3n) is 2.67. The van der Waals surface area contributed by atoms with E-state index in [0.29, 0.717) is 0 Å². The lowest BCUT2D eigenvalue weighted by atomic mass is 10.2. The monoisotopic (exact) mass is 306 g/mol. The van der Waals surface area contributed by atoms with Crippen molar-refractivity contribution in [3.63, 3.8) is 0 Å². The number of rotatable bonds is 4. The number of hydrogen-bond acceptors (Lipinski definition) is 5. The van der Waals surface area contributed by atoms with Crippen LogP contribution in [-0.2, 0) is 10.0 Å². The number of pyridine rings is 1. The van der Waals surface area contributed by atoms with Gasteiger partial charge in [0.15, 0.2) is 0 Å². The molecule has 0 aliphatic rings. The first-order valence-electron chi connectivity index (χ1n) is 5.84. The number of sulfonamides is 1. The lowest BCUT2D eigenvalue weighted by Gasteiger charge is -2.12. The Bertz CT molecular complexity index is 815. The van der Waals surface area contributed by atoms with E-state index in [-0.39, 0.29) is 22.0 Å². The first-order chi connectivity index (χ1) is 9.99.